The maximum absolute atomic E-state index is 4.39. The summed E-state index contributed by atoms with van der Waals surface area (Å²) in [5.41, 5.74) is 9.26. The Hall–Kier alpha value is -3.43. The lowest BCUT2D eigenvalue weighted by molar-refractivity contribution is 0.802. The Morgan fingerprint density at radius 1 is 0.667 bits per heavy atom. The average Bonchev–Trinajstić information content (AvgIpc) is 3.51. The van der Waals surface area contributed by atoms with E-state index in [2.05, 4.69) is 74.8 Å². The van der Waals surface area contributed by atoms with Gasteiger partial charge in [0.05, 0.1) is 40.8 Å². The molecule has 0 saturated carbocycles. The number of hydrogen-bond acceptors (Lipinski definition) is 8. The fourth-order valence-electron chi connectivity index (χ4n) is 3.65. The van der Waals surface area contributed by atoms with Gasteiger partial charge in [-0.05, 0) is 53.6 Å². The highest BCUT2D eigenvalue weighted by Gasteiger charge is 2.12. The maximum Gasteiger partial charge on any atom is 0.105 e. The minimum atomic E-state index is 0.750. The van der Waals surface area contributed by atoms with Crippen LogP contribution in [-0.4, -0.2) is 27.5 Å². The fraction of sp³-hybridized carbons (Fsp3) is 0.0952. The number of hydrogen-bond donors (Lipinski definition) is 1. The summed E-state index contributed by atoms with van der Waals surface area (Å²) < 4.78 is 17.4. The van der Waals surface area contributed by atoms with Gasteiger partial charge in [0.1, 0.15) is 22.1 Å². The van der Waals surface area contributed by atoms with Crippen molar-refractivity contribution in [1.82, 2.24) is 27.5 Å². The molecule has 146 valence electrons. The van der Waals surface area contributed by atoms with Crippen LogP contribution in [0.3, 0.4) is 0 Å². The summed E-state index contributed by atoms with van der Waals surface area (Å²) in [5, 5.41) is 0. The highest BCUT2D eigenvalue weighted by Crippen LogP contribution is 2.26. The second-order valence-corrected chi connectivity index (χ2v) is 8.19. The third-order valence-corrected chi connectivity index (χ3v) is 6.27. The molecule has 6 aromatic rings. The van der Waals surface area contributed by atoms with Gasteiger partial charge in [-0.3, -0.25) is 0 Å². The van der Waals surface area contributed by atoms with Crippen LogP contribution in [0.4, 0.5) is 5.69 Å². The minimum Gasteiger partial charge on any atom is -0.363 e. The third kappa shape index (κ3) is 3.17. The van der Waals surface area contributed by atoms with E-state index in [9.17, 15) is 0 Å². The van der Waals surface area contributed by atoms with E-state index in [0.717, 1.165) is 51.9 Å². The molecule has 3 aromatic heterocycles. The Morgan fingerprint density at radius 3 is 1.93 bits per heavy atom. The van der Waals surface area contributed by atoms with Crippen LogP contribution in [0.25, 0.3) is 33.1 Å². The SMILES string of the molecule is c1nc2ccc(N(Cc3ccc4nsnc4c3)Cc3ccc4nsnc4c3)cc2[nH]1. The zero-order chi connectivity index (χ0) is 19.9. The molecule has 0 saturated heterocycles. The lowest BCUT2D eigenvalue weighted by Gasteiger charge is -2.25. The van der Waals surface area contributed by atoms with Crippen molar-refractivity contribution in [2.75, 3.05) is 4.90 Å². The van der Waals surface area contributed by atoms with E-state index in [1.54, 1.807) is 6.33 Å². The number of aromatic amines is 1. The number of anilines is 1. The highest BCUT2D eigenvalue weighted by atomic mass is 32.1. The highest BCUT2D eigenvalue weighted by molar-refractivity contribution is 7.00. The molecule has 9 heteroatoms. The van der Waals surface area contributed by atoms with Crippen LogP contribution in [0.5, 0.6) is 0 Å². The lowest BCUT2D eigenvalue weighted by atomic mass is 10.1. The van der Waals surface area contributed by atoms with E-state index in [4.69, 9.17) is 0 Å². The van der Waals surface area contributed by atoms with Gasteiger partial charge >= 0.3 is 0 Å². The quantitative estimate of drug-likeness (QED) is 0.425. The van der Waals surface area contributed by atoms with Gasteiger partial charge < -0.3 is 9.88 Å². The summed E-state index contributed by atoms with van der Waals surface area (Å²) in [7, 11) is 0. The van der Waals surface area contributed by atoms with E-state index in [1.807, 2.05) is 12.1 Å². The first kappa shape index (κ1) is 17.4. The molecule has 3 aromatic carbocycles. The summed E-state index contributed by atoms with van der Waals surface area (Å²) in [4.78, 5) is 9.90. The molecule has 0 amide bonds. The van der Waals surface area contributed by atoms with E-state index in [1.165, 1.54) is 34.6 Å². The van der Waals surface area contributed by atoms with Gasteiger partial charge in [-0.25, -0.2) is 4.98 Å². The summed E-state index contributed by atoms with van der Waals surface area (Å²) >= 11 is 2.49. The van der Waals surface area contributed by atoms with Crippen molar-refractivity contribution in [3.63, 3.8) is 0 Å². The molecular weight excluding hydrogens is 414 g/mol. The normalized spacial score (nSPS) is 11.6. The van der Waals surface area contributed by atoms with Crippen molar-refractivity contribution >= 4 is 62.2 Å². The fourth-order valence-corrected chi connectivity index (χ4v) is 4.69. The van der Waals surface area contributed by atoms with E-state index in [-0.39, 0.29) is 0 Å². The van der Waals surface area contributed by atoms with Crippen LogP contribution < -0.4 is 4.90 Å². The molecule has 0 atom stereocenters. The number of nitrogens with zero attached hydrogens (tertiary/aromatic N) is 6. The molecule has 30 heavy (non-hydrogen) atoms. The van der Waals surface area contributed by atoms with Gasteiger partial charge in [0.25, 0.3) is 0 Å². The summed E-state index contributed by atoms with van der Waals surface area (Å²) in [6.07, 6.45) is 1.73. The molecule has 6 rings (SSSR count). The summed E-state index contributed by atoms with van der Waals surface area (Å²) in [6, 6.07) is 18.9. The molecular formula is C21H15N7S2. The predicted molar refractivity (Wildman–Crippen MR) is 121 cm³/mol. The molecule has 7 nitrogen and oxygen atoms in total. The second-order valence-electron chi connectivity index (χ2n) is 7.13. The van der Waals surface area contributed by atoms with Gasteiger partial charge in [-0.1, -0.05) is 12.1 Å². The molecule has 0 radical (unpaired) electrons. The van der Waals surface area contributed by atoms with E-state index >= 15 is 0 Å². The smallest absolute Gasteiger partial charge is 0.105 e. The van der Waals surface area contributed by atoms with Crippen molar-refractivity contribution in [3.8, 4) is 0 Å². The predicted octanol–water partition coefficient (Wildman–Crippen LogP) is 4.78. The van der Waals surface area contributed by atoms with Crippen LogP contribution >= 0.6 is 23.5 Å². The topological polar surface area (TPSA) is 83.5 Å². The monoisotopic (exact) mass is 429 g/mol. The van der Waals surface area contributed by atoms with Crippen molar-refractivity contribution < 1.29 is 0 Å². The number of aromatic nitrogens is 6. The number of fused-ring (bicyclic) bond motifs is 3. The first-order valence-electron chi connectivity index (χ1n) is 9.42. The van der Waals surface area contributed by atoms with Crippen LogP contribution in [0, 0.1) is 0 Å². The van der Waals surface area contributed by atoms with Crippen molar-refractivity contribution in [2.45, 2.75) is 13.1 Å². The second kappa shape index (κ2) is 7.12. The van der Waals surface area contributed by atoms with Crippen LogP contribution in [0.2, 0.25) is 0 Å². The third-order valence-electron chi connectivity index (χ3n) is 5.15. The number of nitrogens with one attached hydrogen (secondary N) is 1. The number of benzene rings is 3. The Morgan fingerprint density at radius 2 is 1.27 bits per heavy atom. The number of H-pyrrole nitrogens is 1. The Kier molecular flexibility index (Phi) is 4.14. The van der Waals surface area contributed by atoms with E-state index in [0.29, 0.717) is 0 Å². The molecule has 0 aliphatic carbocycles. The molecule has 0 aliphatic heterocycles. The van der Waals surface area contributed by atoms with Crippen molar-refractivity contribution in [3.05, 3.63) is 72.1 Å². The maximum atomic E-state index is 4.39. The molecule has 3 heterocycles. The molecule has 0 aliphatic rings. The zero-order valence-electron chi connectivity index (χ0n) is 15.7. The van der Waals surface area contributed by atoms with Gasteiger partial charge in [-0.15, -0.1) is 0 Å². The first-order valence-corrected chi connectivity index (χ1v) is 10.9. The summed E-state index contributed by atoms with van der Waals surface area (Å²) in [6.45, 7) is 1.50. The standard InChI is InChI=1S/C21H15N7S2/c1-4-17-20(26-29-24-17)7-13(1)10-28(15-3-6-16-19(9-15)23-12-22-16)11-14-2-5-18-21(8-14)27-30-25-18/h1-9,12H,10-11H2,(H,22,23). The van der Waals surface area contributed by atoms with Crippen molar-refractivity contribution in [1.29, 1.82) is 0 Å². The molecule has 1 N–H and O–H groups in total. The molecule has 0 spiro atoms. The molecule has 0 fully saturated rings. The van der Waals surface area contributed by atoms with Crippen LogP contribution in [0.15, 0.2) is 60.9 Å². The largest absolute Gasteiger partial charge is 0.363 e. The van der Waals surface area contributed by atoms with Crippen LogP contribution in [0.1, 0.15) is 11.1 Å². The summed E-state index contributed by atoms with van der Waals surface area (Å²) in [5.74, 6) is 0. The molecule has 0 bridgehead atoms. The average molecular weight is 430 g/mol. The van der Waals surface area contributed by atoms with E-state index < -0.39 is 0 Å². The number of imidazole rings is 1. The van der Waals surface area contributed by atoms with Crippen LogP contribution in [-0.2, 0) is 13.1 Å². The van der Waals surface area contributed by atoms with Gasteiger partial charge in [0.15, 0.2) is 0 Å². The van der Waals surface area contributed by atoms with Gasteiger partial charge in [-0.2, -0.15) is 17.5 Å². The minimum absolute atomic E-state index is 0.750. The Balaban J connectivity index is 1.39. The Labute approximate surface area is 179 Å². The Bertz CT molecular complexity index is 1410. The van der Waals surface area contributed by atoms with Gasteiger partial charge in [0, 0.05) is 18.8 Å². The van der Waals surface area contributed by atoms with Crippen molar-refractivity contribution in [2.24, 2.45) is 0 Å². The number of rotatable bonds is 5. The lowest BCUT2D eigenvalue weighted by Crippen LogP contribution is -2.22. The zero-order valence-corrected chi connectivity index (χ0v) is 17.3. The molecule has 0 unspecified atom stereocenters. The first-order chi connectivity index (χ1) is 14.8. The van der Waals surface area contributed by atoms with Gasteiger partial charge in [0.2, 0.25) is 0 Å².